The Morgan fingerprint density at radius 1 is 1.18 bits per heavy atom. The molecule has 6 nitrogen and oxygen atoms in total. The average molecular weight is 332 g/mol. The Labute approximate surface area is 132 Å². The Morgan fingerprint density at radius 3 is 2.32 bits per heavy atom. The number of allylic oxidation sites excluding steroid dienone is 1. The molecule has 1 aliphatic carbocycles. The molecule has 0 aromatic heterocycles. The normalized spacial score (nSPS) is 16.1. The van der Waals surface area contributed by atoms with E-state index in [0.29, 0.717) is 18.8 Å². The van der Waals surface area contributed by atoms with Crippen LogP contribution in [0, 0.1) is 0 Å². The summed E-state index contributed by atoms with van der Waals surface area (Å²) in [7, 11) is -0.380. The Morgan fingerprint density at radius 2 is 1.82 bits per heavy atom. The van der Waals surface area contributed by atoms with Crippen molar-refractivity contribution in [1.82, 2.24) is 0 Å². The molecule has 126 valence electrons. The first-order valence-corrected chi connectivity index (χ1v) is 9.14. The lowest BCUT2D eigenvalue weighted by Gasteiger charge is -2.18. The van der Waals surface area contributed by atoms with Gasteiger partial charge in [-0.25, -0.2) is 4.79 Å². The van der Waals surface area contributed by atoms with Gasteiger partial charge in [-0.05, 0) is 38.7 Å². The van der Waals surface area contributed by atoms with Crippen molar-refractivity contribution in [3.63, 3.8) is 0 Å². The highest BCUT2D eigenvalue weighted by Gasteiger charge is 2.31. The van der Waals surface area contributed by atoms with Crippen molar-refractivity contribution >= 4 is 13.6 Å². The van der Waals surface area contributed by atoms with E-state index < -0.39 is 13.6 Å². The number of ether oxygens (including phenoxy) is 2. The van der Waals surface area contributed by atoms with E-state index in [0.717, 1.165) is 30.4 Å². The predicted octanol–water partition coefficient (Wildman–Crippen LogP) is 3.44. The molecule has 1 aliphatic rings. The molecular weight excluding hydrogens is 307 g/mol. The Hall–Kier alpha value is -1.10. The molecule has 0 saturated carbocycles. The van der Waals surface area contributed by atoms with E-state index in [-0.39, 0.29) is 6.16 Å². The summed E-state index contributed by atoms with van der Waals surface area (Å²) in [6.45, 7) is 4.19. The highest BCUT2D eigenvalue weighted by molar-refractivity contribution is 7.54. The molecule has 22 heavy (non-hydrogen) atoms. The van der Waals surface area contributed by atoms with Crippen LogP contribution >= 0.6 is 7.60 Å². The van der Waals surface area contributed by atoms with Crippen LogP contribution in [0.2, 0.25) is 0 Å². The van der Waals surface area contributed by atoms with E-state index in [1.165, 1.54) is 20.5 Å². The SMILES string of the molecule is CCOP(=O)(CC1=C(C(=COC)C(=O)OC)CCC1)OCC. The van der Waals surface area contributed by atoms with Gasteiger partial charge in [0.05, 0.1) is 45.4 Å². The first-order chi connectivity index (χ1) is 10.5. The molecule has 0 spiro atoms. The van der Waals surface area contributed by atoms with Gasteiger partial charge in [-0.3, -0.25) is 4.57 Å². The fourth-order valence-corrected chi connectivity index (χ4v) is 4.39. The number of methoxy groups -OCH3 is 2. The Balaban J connectivity index is 3.10. The van der Waals surface area contributed by atoms with E-state index in [1.54, 1.807) is 13.8 Å². The van der Waals surface area contributed by atoms with Gasteiger partial charge in [0.25, 0.3) is 0 Å². The quantitative estimate of drug-likeness (QED) is 0.279. The van der Waals surface area contributed by atoms with Crippen molar-refractivity contribution in [2.45, 2.75) is 33.1 Å². The van der Waals surface area contributed by atoms with E-state index in [2.05, 4.69) is 0 Å². The third-order valence-corrected chi connectivity index (χ3v) is 5.41. The third-order valence-electron chi connectivity index (χ3n) is 3.33. The Bertz CT molecular complexity index is 484. The van der Waals surface area contributed by atoms with Crippen LogP contribution in [0.3, 0.4) is 0 Å². The predicted molar refractivity (Wildman–Crippen MR) is 83.7 cm³/mol. The fourth-order valence-electron chi connectivity index (χ4n) is 2.53. The second-order valence-electron chi connectivity index (χ2n) is 4.80. The molecule has 0 saturated heterocycles. The summed E-state index contributed by atoms with van der Waals surface area (Å²) in [5, 5.41) is 0. The smallest absolute Gasteiger partial charge is 0.341 e. The number of hydrogen-bond donors (Lipinski definition) is 0. The molecular formula is C15H25O6P. The van der Waals surface area contributed by atoms with E-state index in [9.17, 15) is 9.36 Å². The van der Waals surface area contributed by atoms with Crippen molar-refractivity contribution < 1.29 is 27.9 Å². The number of carbonyl (C=O) groups is 1. The van der Waals surface area contributed by atoms with Gasteiger partial charge in [-0.15, -0.1) is 0 Å². The number of carbonyl (C=O) groups excluding carboxylic acids is 1. The van der Waals surface area contributed by atoms with Crippen LogP contribution in [0.15, 0.2) is 23.0 Å². The molecule has 0 amide bonds. The summed E-state index contributed by atoms with van der Waals surface area (Å²) in [5.41, 5.74) is 2.12. The molecule has 0 aliphatic heterocycles. The first-order valence-electron chi connectivity index (χ1n) is 7.42. The van der Waals surface area contributed by atoms with Gasteiger partial charge in [0, 0.05) is 0 Å². The summed E-state index contributed by atoms with van der Waals surface area (Å²) in [6, 6.07) is 0. The summed E-state index contributed by atoms with van der Waals surface area (Å²) in [6.07, 6.45) is 3.94. The molecule has 0 atom stereocenters. The number of hydrogen-bond acceptors (Lipinski definition) is 6. The lowest BCUT2D eigenvalue weighted by molar-refractivity contribution is -0.136. The monoisotopic (exact) mass is 332 g/mol. The maximum atomic E-state index is 12.7. The fraction of sp³-hybridized carbons (Fsp3) is 0.667. The van der Waals surface area contributed by atoms with E-state index in [1.807, 2.05) is 0 Å². The molecule has 7 heteroatoms. The molecule has 0 unspecified atom stereocenters. The molecule has 0 N–H and O–H groups in total. The van der Waals surface area contributed by atoms with Gasteiger partial charge < -0.3 is 18.5 Å². The standard InChI is InChI=1S/C15H25O6P/c1-5-20-22(17,21-6-2)11-12-8-7-9-13(12)14(10-18-3)15(16)19-4/h10H,5-9,11H2,1-4H3. The minimum atomic E-state index is -3.18. The van der Waals surface area contributed by atoms with Gasteiger partial charge >= 0.3 is 13.6 Å². The van der Waals surface area contributed by atoms with E-state index in [4.69, 9.17) is 18.5 Å². The lowest BCUT2D eigenvalue weighted by atomic mass is 10.0. The first kappa shape index (κ1) is 18.9. The maximum Gasteiger partial charge on any atom is 0.341 e. The summed E-state index contributed by atoms with van der Waals surface area (Å²) >= 11 is 0. The van der Waals surface area contributed by atoms with Crippen LogP contribution in [0.4, 0.5) is 0 Å². The molecule has 0 radical (unpaired) electrons. The maximum absolute atomic E-state index is 12.7. The summed E-state index contributed by atoms with van der Waals surface area (Å²) < 4.78 is 33.1. The zero-order valence-electron chi connectivity index (χ0n) is 13.7. The number of esters is 1. The van der Waals surface area contributed by atoms with Crippen LogP contribution in [-0.4, -0.2) is 39.6 Å². The molecule has 0 bridgehead atoms. The molecule has 1 rings (SSSR count). The zero-order chi connectivity index (χ0) is 16.6. The van der Waals surface area contributed by atoms with Crippen LogP contribution in [0.5, 0.6) is 0 Å². The zero-order valence-corrected chi connectivity index (χ0v) is 14.6. The number of rotatable bonds is 9. The van der Waals surface area contributed by atoms with Gasteiger partial charge in [-0.1, -0.05) is 5.57 Å². The minimum Gasteiger partial charge on any atom is -0.503 e. The van der Waals surface area contributed by atoms with Crippen LogP contribution in [0.25, 0.3) is 0 Å². The van der Waals surface area contributed by atoms with E-state index >= 15 is 0 Å². The molecule has 0 aromatic rings. The topological polar surface area (TPSA) is 71.1 Å². The summed E-state index contributed by atoms with van der Waals surface area (Å²) in [4.78, 5) is 11.9. The van der Waals surface area contributed by atoms with Crippen LogP contribution < -0.4 is 0 Å². The van der Waals surface area contributed by atoms with Crippen LogP contribution in [-0.2, 0) is 27.9 Å². The largest absolute Gasteiger partial charge is 0.503 e. The highest BCUT2D eigenvalue weighted by atomic mass is 31.2. The van der Waals surface area contributed by atoms with Crippen molar-refractivity contribution in [3.05, 3.63) is 23.0 Å². The van der Waals surface area contributed by atoms with Gasteiger partial charge in [0.2, 0.25) is 0 Å². The lowest BCUT2D eigenvalue weighted by Crippen LogP contribution is -2.10. The Kier molecular flexibility index (Phi) is 7.87. The van der Waals surface area contributed by atoms with Gasteiger partial charge in [0.1, 0.15) is 0 Å². The average Bonchev–Trinajstić information content (AvgIpc) is 2.91. The van der Waals surface area contributed by atoms with Gasteiger partial charge in [0.15, 0.2) is 0 Å². The van der Waals surface area contributed by atoms with Gasteiger partial charge in [-0.2, -0.15) is 0 Å². The summed E-state index contributed by atoms with van der Waals surface area (Å²) in [5.74, 6) is -0.459. The molecule has 0 fully saturated rings. The highest BCUT2D eigenvalue weighted by Crippen LogP contribution is 2.52. The van der Waals surface area contributed by atoms with Crippen molar-refractivity contribution in [3.8, 4) is 0 Å². The minimum absolute atomic E-state index is 0.196. The van der Waals surface area contributed by atoms with Crippen molar-refractivity contribution in [2.75, 3.05) is 33.6 Å². The second kappa shape index (κ2) is 9.13. The second-order valence-corrected chi connectivity index (χ2v) is 6.85. The van der Waals surface area contributed by atoms with Crippen molar-refractivity contribution in [1.29, 1.82) is 0 Å². The van der Waals surface area contributed by atoms with Crippen molar-refractivity contribution in [2.24, 2.45) is 0 Å². The van der Waals surface area contributed by atoms with Crippen LogP contribution in [0.1, 0.15) is 33.1 Å². The molecule has 0 aromatic carbocycles. The third kappa shape index (κ3) is 4.97. The molecule has 0 heterocycles.